The molecule has 3 aromatic heterocycles. The standard InChI is InChI=1S/C24H17F5N8O3/c25-15-4-13(3-14(5-15)24(27,28)29)22(39)35-20-17-9-31-19(38)11-36(17)21(34-20)23(40)32-7-12-1-2-18(30-6-12)37-10-16(26)8-33-37/h1-6,8,10H,7,9,11H2,(H,31,38)(H,32,40)(H,35,39). The lowest BCUT2D eigenvalue weighted by Gasteiger charge is -2.18. The average Bonchev–Trinajstić information content (AvgIpc) is 3.50. The van der Waals surface area contributed by atoms with Crippen LogP contribution in [0.15, 0.2) is 48.9 Å². The third-order valence-corrected chi connectivity index (χ3v) is 5.80. The summed E-state index contributed by atoms with van der Waals surface area (Å²) < 4.78 is 68.6. The Hall–Kier alpha value is -5.15. The molecule has 1 aliphatic rings. The molecule has 16 heteroatoms. The molecular formula is C24H17F5N8O3. The van der Waals surface area contributed by atoms with Crippen LogP contribution in [0.2, 0.25) is 0 Å². The lowest BCUT2D eigenvalue weighted by Crippen LogP contribution is -2.37. The van der Waals surface area contributed by atoms with Gasteiger partial charge in [-0.1, -0.05) is 6.07 Å². The summed E-state index contributed by atoms with van der Waals surface area (Å²) in [4.78, 5) is 45.9. The van der Waals surface area contributed by atoms with E-state index in [4.69, 9.17) is 0 Å². The number of fused-ring (bicyclic) bond motifs is 1. The van der Waals surface area contributed by atoms with Crippen LogP contribution in [0.3, 0.4) is 0 Å². The zero-order valence-electron chi connectivity index (χ0n) is 20.1. The highest BCUT2D eigenvalue weighted by Gasteiger charge is 2.33. The van der Waals surface area contributed by atoms with Gasteiger partial charge in [0.05, 0.1) is 30.2 Å². The van der Waals surface area contributed by atoms with Gasteiger partial charge in [-0.3, -0.25) is 14.4 Å². The van der Waals surface area contributed by atoms with E-state index in [0.29, 0.717) is 23.5 Å². The summed E-state index contributed by atoms with van der Waals surface area (Å²) in [6.07, 6.45) is -1.28. The number of nitrogens with one attached hydrogen (secondary N) is 3. The van der Waals surface area contributed by atoms with Gasteiger partial charge in [0.25, 0.3) is 11.8 Å². The summed E-state index contributed by atoms with van der Waals surface area (Å²) in [6.45, 7) is -0.458. The van der Waals surface area contributed by atoms with Gasteiger partial charge in [0, 0.05) is 18.3 Å². The minimum absolute atomic E-state index is 0.0147. The molecule has 4 aromatic rings. The Bertz CT molecular complexity index is 1630. The Morgan fingerprint density at radius 3 is 2.52 bits per heavy atom. The number of nitrogens with zero attached hydrogens (tertiary/aromatic N) is 5. The number of alkyl halides is 3. The smallest absolute Gasteiger partial charge is 0.349 e. The zero-order chi connectivity index (χ0) is 28.6. The molecule has 11 nitrogen and oxygen atoms in total. The van der Waals surface area contributed by atoms with E-state index in [1.165, 1.54) is 15.4 Å². The van der Waals surface area contributed by atoms with Gasteiger partial charge >= 0.3 is 6.18 Å². The predicted octanol–water partition coefficient (Wildman–Crippen LogP) is 2.57. The molecule has 0 aliphatic carbocycles. The van der Waals surface area contributed by atoms with E-state index in [-0.39, 0.29) is 43.0 Å². The van der Waals surface area contributed by atoms with Crippen molar-refractivity contribution in [3.8, 4) is 5.82 Å². The van der Waals surface area contributed by atoms with Crippen molar-refractivity contribution in [2.45, 2.75) is 25.8 Å². The molecule has 0 fully saturated rings. The SMILES string of the molecule is O=C1Cn2c(C(=O)NCc3ccc(-n4cc(F)cn4)nc3)nc(NC(=O)c3cc(F)cc(C(F)(F)F)c3)c2CN1. The van der Waals surface area contributed by atoms with Gasteiger partial charge in [-0.25, -0.2) is 23.4 Å². The number of carbonyl (C=O) groups is 3. The van der Waals surface area contributed by atoms with Gasteiger partial charge in [-0.15, -0.1) is 0 Å². The van der Waals surface area contributed by atoms with Crippen molar-refractivity contribution < 1.29 is 36.3 Å². The Morgan fingerprint density at radius 2 is 1.85 bits per heavy atom. The number of hydrogen-bond acceptors (Lipinski definition) is 6. The van der Waals surface area contributed by atoms with Crippen molar-refractivity contribution in [2.75, 3.05) is 5.32 Å². The maximum absolute atomic E-state index is 13.8. The van der Waals surface area contributed by atoms with Crippen LogP contribution in [0.25, 0.3) is 5.82 Å². The summed E-state index contributed by atoms with van der Waals surface area (Å²) in [5, 5.41) is 11.2. The molecule has 5 rings (SSSR count). The van der Waals surface area contributed by atoms with Gasteiger partial charge in [0.2, 0.25) is 11.7 Å². The van der Waals surface area contributed by atoms with Gasteiger partial charge < -0.3 is 20.5 Å². The number of pyridine rings is 1. The van der Waals surface area contributed by atoms with E-state index < -0.39 is 46.7 Å². The second-order valence-corrected chi connectivity index (χ2v) is 8.58. The molecule has 206 valence electrons. The number of carbonyl (C=O) groups excluding carboxylic acids is 3. The number of anilines is 1. The molecule has 0 spiro atoms. The van der Waals surface area contributed by atoms with Crippen molar-refractivity contribution in [1.29, 1.82) is 0 Å². The lowest BCUT2D eigenvalue weighted by molar-refractivity contribution is -0.137. The Morgan fingerprint density at radius 1 is 1.05 bits per heavy atom. The molecule has 0 bridgehead atoms. The normalized spacial score (nSPS) is 13.0. The van der Waals surface area contributed by atoms with Crippen LogP contribution < -0.4 is 16.0 Å². The van der Waals surface area contributed by atoms with E-state index in [1.807, 2.05) is 0 Å². The molecule has 0 radical (unpaired) electrons. The molecule has 1 aromatic carbocycles. The Labute approximate surface area is 221 Å². The van der Waals surface area contributed by atoms with Crippen LogP contribution in [0.4, 0.5) is 27.8 Å². The summed E-state index contributed by atoms with van der Waals surface area (Å²) >= 11 is 0. The van der Waals surface area contributed by atoms with Gasteiger partial charge in [0.1, 0.15) is 12.4 Å². The van der Waals surface area contributed by atoms with Crippen molar-refractivity contribution in [3.63, 3.8) is 0 Å². The van der Waals surface area contributed by atoms with Crippen molar-refractivity contribution in [3.05, 3.63) is 88.8 Å². The summed E-state index contributed by atoms with van der Waals surface area (Å²) in [7, 11) is 0. The van der Waals surface area contributed by atoms with E-state index in [2.05, 4.69) is 31.0 Å². The maximum Gasteiger partial charge on any atom is 0.416 e. The van der Waals surface area contributed by atoms with Crippen LogP contribution >= 0.6 is 0 Å². The Kier molecular flexibility index (Phi) is 6.74. The molecule has 40 heavy (non-hydrogen) atoms. The third-order valence-electron chi connectivity index (χ3n) is 5.80. The van der Waals surface area contributed by atoms with Crippen molar-refractivity contribution in [1.82, 2.24) is 34.9 Å². The minimum atomic E-state index is -4.88. The molecule has 3 N–H and O–H groups in total. The highest BCUT2D eigenvalue weighted by molar-refractivity contribution is 6.05. The van der Waals surface area contributed by atoms with Crippen LogP contribution in [0.5, 0.6) is 0 Å². The van der Waals surface area contributed by atoms with Gasteiger partial charge in [0.15, 0.2) is 17.5 Å². The van der Waals surface area contributed by atoms with E-state index in [0.717, 1.165) is 12.4 Å². The second kappa shape index (κ2) is 10.2. The number of aromatic nitrogens is 5. The fourth-order valence-corrected chi connectivity index (χ4v) is 3.90. The topological polar surface area (TPSA) is 136 Å². The van der Waals surface area contributed by atoms with Crippen LogP contribution in [0.1, 0.15) is 37.8 Å². The maximum atomic E-state index is 13.8. The molecule has 4 heterocycles. The Balaban J connectivity index is 1.34. The summed E-state index contributed by atoms with van der Waals surface area (Å²) in [5.41, 5.74) is -1.19. The lowest BCUT2D eigenvalue weighted by atomic mass is 10.1. The molecule has 3 amide bonds. The number of benzene rings is 1. The van der Waals surface area contributed by atoms with Crippen molar-refractivity contribution >= 4 is 23.5 Å². The highest BCUT2D eigenvalue weighted by Crippen LogP contribution is 2.31. The number of halogens is 5. The minimum Gasteiger partial charge on any atom is -0.349 e. The largest absolute Gasteiger partial charge is 0.416 e. The predicted molar refractivity (Wildman–Crippen MR) is 126 cm³/mol. The van der Waals surface area contributed by atoms with E-state index in [1.54, 1.807) is 12.1 Å². The monoisotopic (exact) mass is 560 g/mol. The fraction of sp³-hybridized carbons (Fsp3) is 0.167. The first-order valence-electron chi connectivity index (χ1n) is 11.5. The van der Waals surface area contributed by atoms with Crippen LogP contribution in [0, 0.1) is 11.6 Å². The third kappa shape index (κ3) is 5.50. The second-order valence-electron chi connectivity index (χ2n) is 8.58. The highest BCUT2D eigenvalue weighted by atomic mass is 19.4. The average molecular weight is 560 g/mol. The molecule has 0 atom stereocenters. The summed E-state index contributed by atoms with van der Waals surface area (Å²) in [5.74, 6) is -4.15. The molecule has 0 saturated carbocycles. The van der Waals surface area contributed by atoms with Crippen LogP contribution in [-0.4, -0.2) is 42.0 Å². The quantitative estimate of drug-likeness (QED) is 0.310. The first-order valence-corrected chi connectivity index (χ1v) is 11.5. The molecule has 1 aliphatic heterocycles. The number of rotatable bonds is 6. The molecular weight excluding hydrogens is 543 g/mol. The van der Waals surface area contributed by atoms with Crippen molar-refractivity contribution in [2.24, 2.45) is 0 Å². The van der Waals surface area contributed by atoms with Crippen LogP contribution in [-0.2, 0) is 30.6 Å². The fourth-order valence-electron chi connectivity index (χ4n) is 3.90. The number of hydrogen-bond donors (Lipinski definition) is 3. The first-order chi connectivity index (χ1) is 19.0. The van der Waals surface area contributed by atoms with Gasteiger partial charge in [-0.05, 0) is 29.8 Å². The first kappa shape index (κ1) is 26.5. The zero-order valence-corrected chi connectivity index (χ0v) is 20.1. The van der Waals surface area contributed by atoms with Gasteiger partial charge in [-0.2, -0.15) is 18.3 Å². The summed E-state index contributed by atoms with van der Waals surface area (Å²) in [6, 6.07) is 4.55. The van der Waals surface area contributed by atoms with E-state index in [9.17, 15) is 36.3 Å². The molecule has 0 saturated heterocycles. The van der Waals surface area contributed by atoms with E-state index >= 15 is 0 Å². The number of amides is 3. The molecule has 0 unspecified atom stereocenters. The number of imidazole rings is 1.